The molecule has 0 bridgehead atoms. The highest BCUT2D eigenvalue weighted by molar-refractivity contribution is 6.04. The molecule has 2 rings (SSSR count). The van der Waals surface area contributed by atoms with Gasteiger partial charge in [0.05, 0.1) is 5.52 Å². The van der Waals surface area contributed by atoms with Gasteiger partial charge in [-0.1, -0.05) is 6.58 Å². The quantitative estimate of drug-likeness (QED) is 0.627. The molecular weight excluding hydrogens is 238 g/mol. The van der Waals surface area contributed by atoms with Gasteiger partial charge in [-0.25, -0.2) is 9.59 Å². The van der Waals surface area contributed by atoms with Crippen molar-refractivity contribution in [2.45, 2.75) is 6.42 Å². The molecule has 0 saturated heterocycles. The van der Waals surface area contributed by atoms with Crippen LogP contribution in [0.4, 0.5) is 0 Å². The average Bonchev–Trinajstić information content (AvgIpc) is 2.67. The lowest BCUT2D eigenvalue weighted by Crippen LogP contribution is -2.06. The molecule has 1 aromatic carbocycles. The number of carbonyl (C=O) groups is 2. The van der Waals surface area contributed by atoms with Crippen LogP contribution in [0.25, 0.3) is 11.1 Å². The number of hydrogen-bond donors (Lipinski definition) is 2. The fourth-order valence-electron chi connectivity index (χ4n) is 1.49. The maximum atomic E-state index is 11.8. The van der Waals surface area contributed by atoms with Crippen molar-refractivity contribution in [1.82, 2.24) is 4.98 Å². The smallest absolute Gasteiger partial charge is 0.417 e. The fraction of sp³-hybridized carbons (Fsp3) is 0.0833. The second kappa shape index (κ2) is 4.33. The monoisotopic (exact) mass is 247 g/mol. The van der Waals surface area contributed by atoms with Crippen LogP contribution in [0, 0.1) is 0 Å². The van der Waals surface area contributed by atoms with Crippen LogP contribution in [0.5, 0.6) is 0 Å². The maximum absolute atomic E-state index is 11.8. The molecule has 1 heterocycles. The summed E-state index contributed by atoms with van der Waals surface area (Å²) in [4.78, 5) is 35.7. The first-order valence-corrected chi connectivity index (χ1v) is 5.04. The van der Waals surface area contributed by atoms with E-state index in [1.54, 1.807) is 0 Å². The van der Waals surface area contributed by atoms with E-state index in [1.807, 2.05) is 0 Å². The van der Waals surface area contributed by atoms with Crippen molar-refractivity contribution in [3.05, 3.63) is 46.5 Å². The summed E-state index contributed by atoms with van der Waals surface area (Å²) < 4.78 is 4.81. The normalized spacial score (nSPS) is 10.4. The number of rotatable bonds is 4. The molecule has 0 atom stereocenters. The Bertz CT molecular complexity index is 707. The highest BCUT2D eigenvalue weighted by Gasteiger charge is 2.13. The predicted octanol–water partition coefficient (Wildman–Crippen LogP) is 1.33. The Hall–Kier alpha value is -2.63. The summed E-state index contributed by atoms with van der Waals surface area (Å²) in [6.07, 6.45) is -0.282. The number of aromatic nitrogens is 1. The Morgan fingerprint density at radius 2 is 2.11 bits per heavy atom. The topological polar surface area (TPSA) is 100 Å². The first kappa shape index (κ1) is 11.8. The van der Waals surface area contributed by atoms with Crippen LogP contribution < -0.4 is 5.76 Å². The van der Waals surface area contributed by atoms with E-state index in [0.29, 0.717) is 5.52 Å². The molecule has 0 saturated carbocycles. The second-order valence-electron chi connectivity index (χ2n) is 3.73. The summed E-state index contributed by atoms with van der Waals surface area (Å²) in [7, 11) is 0. The second-order valence-corrected chi connectivity index (χ2v) is 3.73. The predicted molar refractivity (Wildman–Crippen MR) is 62.6 cm³/mol. The van der Waals surface area contributed by atoms with E-state index < -0.39 is 17.5 Å². The lowest BCUT2D eigenvalue weighted by Gasteiger charge is -2.00. The molecule has 0 aliphatic rings. The highest BCUT2D eigenvalue weighted by Crippen LogP contribution is 2.15. The molecule has 0 fully saturated rings. The van der Waals surface area contributed by atoms with Crippen molar-refractivity contribution >= 4 is 22.9 Å². The number of fused-ring (bicyclic) bond motifs is 1. The van der Waals surface area contributed by atoms with Crippen LogP contribution in [-0.4, -0.2) is 21.8 Å². The zero-order chi connectivity index (χ0) is 13.3. The third kappa shape index (κ3) is 2.22. The molecule has 0 unspecified atom stereocenters. The van der Waals surface area contributed by atoms with Gasteiger partial charge in [0.25, 0.3) is 0 Å². The zero-order valence-electron chi connectivity index (χ0n) is 9.23. The van der Waals surface area contributed by atoms with Crippen molar-refractivity contribution < 1.29 is 19.1 Å². The van der Waals surface area contributed by atoms with Crippen molar-refractivity contribution in [3.8, 4) is 0 Å². The summed E-state index contributed by atoms with van der Waals surface area (Å²) in [5.41, 5.74) is 0.823. The van der Waals surface area contributed by atoms with Crippen molar-refractivity contribution in [3.63, 3.8) is 0 Å². The number of aromatic amines is 1. The van der Waals surface area contributed by atoms with Gasteiger partial charge in [-0.15, -0.1) is 0 Å². The molecule has 1 aromatic heterocycles. The molecule has 0 radical (unpaired) electrons. The van der Waals surface area contributed by atoms with Crippen LogP contribution >= 0.6 is 0 Å². The number of aliphatic carboxylic acids is 1. The van der Waals surface area contributed by atoms with Gasteiger partial charge in [-0.05, 0) is 18.2 Å². The number of carboxylic acids is 1. The minimum absolute atomic E-state index is 0.185. The van der Waals surface area contributed by atoms with Gasteiger partial charge in [0.1, 0.15) is 0 Å². The average molecular weight is 247 g/mol. The third-order valence-electron chi connectivity index (χ3n) is 2.42. The number of hydrogen-bond acceptors (Lipinski definition) is 4. The number of carbonyl (C=O) groups excluding carboxylic acids is 1. The SMILES string of the molecule is C=C(CC(=O)c1ccc2[nH]c(=O)oc2c1)C(=O)O. The minimum Gasteiger partial charge on any atom is -0.478 e. The number of H-pyrrole nitrogens is 1. The molecule has 0 aliphatic heterocycles. The fourth-order valence-corrected chi connectivity index (χ4v) is 1.49. The molecule has 92 valence electrons. The van der Waals surface area contributed by atoms with Gasteiger partial charge in [-0.3, -0.25) is 9.78 Å². The van der Waals surface area contributed by atoms with Crippen LogP contribution in [0.15, 0.2) is 39.6 Å². The maximum Gasteiger partial charge on any atom is 0.417 e. The summed E-state index contributed by atoms with van der Waals surface area (Å²) in [5.74, 6) is -2.21. The van der Waals surface area contributed by atoms with Crippen molar-refractivity contribution in [2.24, 2.45) is 0 Å². The summed E-state index contributed by atoms with van der Waals surface area (Å²) in [6, 6.07) is 4.41. The Morgan fingerprint density at radius 1 is 1.39 bits per heavy atom. The molecule has 0 spiro atoms. The third-order valence-corrected chi connectivity index (χ3v) is 2.42. The standard InChI is InChI=1S/C12H9NO5/c1-6(11(15)16)4-9(14)7-2-3-8-10(5-7)18-12(17)13-8/h2-3,5H,1,4H2,(H,13,17)(H,15,16). The molecule has 0 aliphatic carbocycles. The number of oxazole rings is 1. The Kier molecular flexibility index (Phi) is 2.85. The van der Waals surface area contributed by atoms with Gasteiger partial charge >= 0.3 is 11.7 Å². The summed E-state index contributed by atoms with van der Waals surface area (Å²) >= 11 is 0. The number of ketones is 1. The lowest BCUT2D eigenvalue weighted by atomic mass is 10.0. The molecule has 6 heteroatoms. The number of nitrogens with one attached hydrogen (secondary N) is 1. The van der Waals surface area contributed by atoms with Crippen LogP contribution in [0.3, 0.4) is 0 Å². The number of carboxylic acid groups (broad SMARTS) is 1. The lowest BCUT2D eigenvalue weighted by molar-refractivity contribution is -0.132. The molecule has 6 nitrogen and oxygen atoms in total. The van der Waals surface area contributed by atoms with Gasteiger partial charge < -0.3 is 9.52 Å². The first-order valence-electron chi connectivity index (χ1n) is 5.04. The van der Waals surface area contributed by atoms with Gasteiger partial charge in [0, 0.05) is 17.6 Å². The number of Topliss-reactive ketones (excluding diaryl/α,β-unsaturated/α-hetero) is 1. The zero-order valence-corrected chi connectivity index (χ0v) is 9.23. The largest absolute Gasteiger partial charge is 0.478 e. The molecular formula is C12H9NO5. The Morgan fingerprint density at radius 3 is 2.78 bits per heavy atom. The molecule has 2 aromatic rings. The van der Waals surface area contributed by atoms with E-state index in [9.17, 15) is 14.4 Å². The number of benzene rings is 1. The molecule has 0 amide bonds. The van der Waals surface area contributed by atoms with E-state index >= 15 is 0 Å². The van der Waals surface area contributed by atoms with Gasteiger partial charge in [0.15, 0.2) is 11.4 Å². The highest BCUT2D eigenvalue weighted by atomic mass is 16.4. The minimum atomic E-state index is -1.21. The van der Waals surface area contributed by atoms with E-state index in [1.165, 1.54) is 18.2 Å². The van der Waals surface area contributed by atoms with Crippen LogP contribution in [-0.2, 0) is 4.79 Å². The van der Waals surface area contributed by atoms with Gasteiger partial charge in [0.2, 0.25) is 0 Å². The van der Waals surface area contributed by atoms with E-state index in [4.69, 9.17) is 9.52 Å². The molecule has 18 heavy (non-hydrogen) atoms. The van der Waals surface area contributed by atoms with E-state index in [2.05, 4.69) is 11.6 Å². The van der Waals surface area contributed by atoms with Gasteiger partial charge in [-0.2, -0.15) is 0 Å². The summed E-state index contributed by atoms with van der Waals surface area (Å²) in [5, 5.41) is 8.64. The first-order chi connectivity index (χ1) is 8.47. The van der Waals surface area contributed by atoms with E-state index in [0.717, 1.165) is 0 Å². The Balaban J connectivity index is 2.30. The van der Waals surface area contributed by atoms with Crippen molar-refractivity contribution in [2.75, 3.05) is 0 Å². The Labute approximate surface area is 101 Å². The van der Waals surface area contributed by atoms with Crippen LogP contribution in [0.2, 0.25) is 0 Å². The van der Waals surface area contributed by atoms with Crippen molar-refractivity contribution in [1.29, 1.82) is 0 Å². The van der Waals surface area contributed by atoms with E-state index in [-0.39, 0.29) is 23.1 Å². The van der Waals surface area contributed by atoms with Crippen LogP contribution in [0.1, 0.15) is 16.8 Å². The summed E-state index contributed by atoms with van der Waals surface area (Å²) in [6.45, 7) is 3.29. The molecule has 2 N–H and O–H groups in total.